The molecule has 1 aliphatic heterocycles. The zero-order valence-corrected chi connectivity index (χ0v) is 23.1. The molecule has 3 atom stereocenters. The number of benzene rings is 1. The molecule has 3 unspecified atom stereocenters. The molecule has 0 spiro atoms. The van der Waals surface area contributed by atoms with Gasteiger partial charge in [0.1, 0.15) is 0 Å². The average Bonchev–Trinajstić information content (AvgIpc) is 2.87. The SMILES string of the molecule is CCCCC(N)c1cc(NC2CCOC(CC)C2)c(C)c(C(=O)NCc2c(SC)cc(C)[nH]c2=O)c1. The third-order valence-electron chi connectivity index (χ3n) is 7.03. The van der Waals surface area contributed by atoms with E-state index in [0.29, 0.717) is 11.1 Å². The van der Waals surface area contributed by atoms with Gasteiger partial charge in [0.25, 0.3) is 11.5 Å². The van der Waals surface area contributed by atoms with Crippen molar-refractivity contribution in [3.8, 4) is 0 Å². The molecule has 1 aromatic carbocycles. The maximum Gasteiger partial charge on any atom is 0.254 e. The smallest absolute Gasteiger partial charge is 0.254 e. The fourth-order valence-corrected chi connectivity index (χ4v) is 5.45. The van der Waals surface area contributed by atoms with Crippen molar-refractivity contribution in [1.29, 1.82) is 0 Å². The standard InChI is InChI=1S/C28H42N4O3S/c1-6-8-9-24(29)19-13-22(18(4)25(14-19)32-20-10-11-35-21(7-2)15-20)27(33)30-16-23-26(36-5)12-17(3)31-28(23)34/h12-14,20-21,24,32H,6-11,15-16,29H2,1-5H3,(H,30,33)(H,31,34). The normalized spacial score (nSPS) is 18.6. The predicted molar refractivity (Wildman–Crippen MR) is 149 cm³/mol. The predicted octanol–water partition coefficient (Wildman–Crippen LogP) is 5.20. The van der Waals surface area contributed by atoms with Crippen LogP contribution in [0.1, 0.15) is 91.2 Å². The summed E-state index contributed by atoms with van der Waals surface area (Å²) in [6.07, 6.45) is 8.02. The van der Waals surface area contributed by atoms with Crippen LogP contribution in [0.4, 0.5) is 5.69 Å². The molecule has 1 saturated heterocycles. The van der Waals surface area contributed by atoms with Gasteiger partial charge in [0.15, 0.2) is 0 Å². The number of nitrogens with one attached hydrogen (secondary N) is 3. The maximum absolute atomic E-state index is 13.4. The average molecular weight is 515 g/mol. The lowest BCUT2D eigenvalue weighted by molar-refractivity contribution is 0.00924. The van der Waals surface area contributed by atoms with Crippen LogP contribution >= 0.6 is 11.8 Å². The van der Waals surface area contributed by atoms with Crippen molar-refractivity contribution >= 4 is 23.4 Å². The molecule has 0 aliphatic carbocycles. The van der Waals surface area contributed by atoms with E-state index in [-0.39, 0.29) is 36.2 Å². The Morgan fingerprint density at radius 3 is 2.75 bits per heavy atom. The minimum Gasteiger partial charge on any atom is -0.382 e. The Kier molecular flexibility index (Phi) is 10.5. The van der Waals surface area contributed by atoms with Crippen molar-refractivity contribution in [2.75, 3.05) is 18.2 Å². The Morgan fingerprint density at radius 2 is 2.06 bits per heavy atom. The van der Waals surface area contributed by atoms with Gasteiger partial charge in [-0.15, -0.1) is 11.8 Å². The molecule has 0 bridgehead atoms. The van der Waals surface area contributed by atoms with E-state index in [1.54, 1.807) is 0 Å². The first-order chi connectivity index (χ1) is 17.3. The van der Waals surface area contributed by atoms with Crippen LogP contribution in [0.2, 0.25) is 0 Å². The van der Waals surface area contributed by atoms with E-state index in [1.807, 2.05) is 32.2 Å². The van der Waals surface area contributed by atoms with Crippen molar-refractivity contribution in [3.05, 3.63) is 56.5 Å². The van der Waals surface area contributed by atoms with Gasteiger partial charge in [0.2, 0.25) is 0 Å². The van der Waals surface area contributed by atoms with Crippen molar-refractivity contribution in [3.63, 3.8) is 0 Å². The number of H-pyrrole nitrogens is 1. The second-order valence-corrected chi connectivity index (χ2v) is 10.6. The highest BCUT2D eigenvalue weighted by molar-refractivity contribution is 7.98. The molecular weight excluding hydrogens is 472 g/mol. The lowest BCUT2D eigenvalue weighted by Gasteiger charge is -2.31. The molecule has 2 heterocycles. The third-order valence-corrected chi connectivity index (χ3v) is 7.83. The largest absolute Gasteiger partial charge is 0.382 e. The van der Waals surface area contributed by atoms with Gasteiger partial charge in [0, 0.05) is 52.6 Å². The molecule has 1 aliphatic rings. The van der Waals surface area contributed by atoms with Gasteiger partial charge in [-0.05, 0) is 75.1 Å². The molecule has 3 rings (SSSR count). The summed E-state index contributed by atoms with van der Waals surface area (Å²) in [5.41, 5.74) is 11.2. The van der Waals surface area contributed by atoms with Crippen molar-refractivity contribution in [2.24, 2.45) is 5.73 Å². The first-order valence-corrected chi connectivity index (χ1v) is 14.3. The van der Waals surface area contributed by atoms with Crippen LogP contribution in [0.25, 0.3) is 0 Å². The number of ether oxygens (including phenoxy) is 1. The molecule has 0 saturated carbocycles. The van der Waals surface area contributed by atoms with E-state index in [9.17, 15) is 9.59 Å². The molecule has 1 fully saturated rings. The molecule has 8 heteroatoms. The van der Waals surface area contributed by atoms with Crippen LogP contribution < -0.4 is 21.9 Å². The number of rotatable bonds is 11. The van der Waals surface area contributed by atoms with Gasteiger partial charge < -0.3 is 26.1 Å². The minimum absolute atomic E-state index is 0.140. The van der Waals surface area contributed by atoms with E-state index in [1.165, 1.54) is 11.8 Å². The Hall–Kier alpha value is -2.29. The monoisotopic (exact) mass is 514 g/mol. The summed E-state index contributed by atoms with van der Waals surface area (Å²) >= 11 is 1.50. The second kappa shape index (κ2) is 13.3. The molecule has 0 radical (unpaired) electrons. The maximum atomic E-state index is 13.4. The van der Waals surface area contributed by atoms with Gasteiger partial charge >= 0.3 is 0 Å². The molecule has 5 N–H and O–H groups in total. The molecule has 1 amide bonds. The minimum atomic E-state index is -0.203. The van der Waals surface area contributed by atoms with E-state index in [2.05, 4.69) is 35.5 Å². The third kappa shape index (κ3) is 7.14. The number of hydrogen-bond acceptors (Lipinski definition) is 6. The summed E-state index contributed by atoms with van der Waals surface area (Å²) in [4.78, 5) is 29.7. The molecular formula is C28H42N4O3S. The van der Waals surface area contributed by atoms with Crippen LogP contribution in [-0.4, -0.2) is 35.9 Å². The number of pyridine rings is 1. The van der Waals surface area contributed by atoms with Crippen LogP contribution in [0.5, 0.6) is 0 Å². The van der Waals surface area contributed by atoms with Crippen LogP contribution in [0.15, 0.2) is 27.9 Å². The first-order valence-electron chi connectivity index (χ1n) is 13.1. The summed E-state index contributed by atoms with van der Waals surface area (Å²) in [6, 6.07) is 6.11. The van der Waals surface area contributed by atoms with E-state index in [4.69, 9.17) is 10.5 Å². The van der Waals surface area contributed by atoms with Gasteiger partial charge in [-0.2, -0.15) is 0 Å². The number of thioether (sulfide) groups is 1. The number of hydrogen-bond donors (Lipinski definition) is 4. The first kappa shape index (κ1) is 28.3. The molecule has 1 aromatic heterocycles. The molecule has 7 nitrogen and oxygen atoms in total. The molecule has 2 aromatic rings. The zero-order valence-electron chi connectivity index (χ0n) is 22.3. The van der Waals surface area contributed by atoms with Gasteiger partial charge in [-0.1, -0.05) is 26.7 Å². The van der Waals surface area contributed by atoms with E-state index >= 15 is 0 Å². The number of aromatic amines is 1. The number of anilines is 1. The summed E-state index contributed by atoms with van der Waals surface area (Å²) < 4.78 is 5.85. The molecule has 198 valence electrons. The lowest BCUT2D eigenvalue weighted by Crippen LogP contribution is -2.34. The summed E-state index contributed by atoms with van der Waals surface area (Å²) in [5.74, 6) is -0.203. The van der Waals surface area contributed by atoms with E-state index < -0.39 is 0 Å². The summed E-state index contributed by atoms with van der Waals surface area (Å²) in [6.45, 7) is 9.03. The van der Waals surface area contributed by atoms with Crippen LogP contribution in [0, 0.1) is 13.8 Å². The molecule has 36 heavy (non-hydrogen) atoms. The Labute approximate surface area is 219 Å². The quantitative estimate of drug-likeness (QED) is 0.307. The summed E-state index contributed by atoms with van der Waals surface area (Å²) in [7, 11) is 0. The highest BCUT2D eigenvalue weighted by atomic mass is 32.2. The van der Waals surface area contributed by atoms with Crippen molar-refractivity contribution in [1.82, 2.24) is 10.3 Å². The summed E-state index contributed by atoms with van der Waals surface area (Å²) in [5, 5.41) is 6.68. The highest BCUT2D eigenvalue weighted by Crippen LogP contribution is 2.30. The topological polar surface area (TPSA) is 109 Å². The number of carbonyl (C=O) groups is 1. The van der Waals surface area contributed by atoms with Crippen molar-refractivity contribution < 1.29 is 9.53 Å². The Balaban J connectivity index is 1.88. The zero-order chi connectivity index (χ0) is 26.2. The van der Waals surface area contributed by atoms with Gasteiger partial charge in [-0.3, -0.25) is 9.59 Å². The lowest BCUT2D eigenvalue weighted by atomic mass is 9.94. The van der Waals surface area contributed by atoms with Crippen LogP contribution in [0.3, 0.4) is 0 Å². The van der Waals surface area contributed by atoms with Gasteiger partial charge in [0.05, 0.1) is 6.10 Å². The number of aryl methyl sites for hydroxylation is 1. The number of unbranched alkanes of at least 4 members (excludes halogenated alkanes) is 1. The Morgan fingerprint density at radius 1 is 1.28 bits per heavy atom. The second-order valence-electron chi connectivity index (χ2n) is 9.77. The number of nitrogens with two attached hydrogens (primary N) is 1. The van der Waals surface area contributed by atoms with E-state index in [0.717, 1.165) is 72.5 Å². The van der Waals surface area contributed by atoms with Gasteiger partial charge in [-0.25, -0.2) is 0 Å². The van der Waals surface area contributed by atoms with Crippen molar-refractivity contribution in [2.45, 2.75) is 95.8 Å². The fraction of sp³-hybridized carbons (Fsp3) is 0.571. The Bertz CT molecular complexity index is 1100. The number of amides is 1. The van der Waals surface area contributed by atoms with Crippen LogP contribution in [-0.2, 0) is 11.3 Å². The highest BCUT2D eigenvalue weighted by Gasteiger charge is 2.24. The fourth-order valence-electron chi connectivity index (χ4n) is 4.74. The number of aromatic nitrogens is 1. The number of carbonyl (C=O) groups excluding carboxylic acids is 1.